The van der Waals surface area contributed by atoms with E-state index in [1.807, 2.05) is 4.90 Å². The number of aromatic nitrogens is 2. The van der Waals surface area contributed by atoms with Crippen molar-refractivity contribution in [3.63, 3.8) is 0 Å². The third kappa shape index (κ3) is 4.17. The van der Waals surface area contributed by atoms with Crippen LogP contribution in [0.15, 0.2) is 30.5 Å². The van der Waals surface area contributed by atoms with E-state index in [9.17, 15) is 14.3 Å². The van der Waals surface area contributed by atoms with Crippen LogP contribution in [-0.4, -0.2) is 65.4 Å². The Hall–Kier alpha value is -2.94. The molecule has 4 saturated carbocycles. The van der Waals surface area contributed by atoms with Gasteiger partial charge in [-0.2, -0.15) is 0 Å². The zero-order valence-electron chi connectivity index (χ0n) is 20.9. The number of halogens is 1. The number of nitrogens with zero attached hydrogens (tertiary/aromatic N) is 4. The Kier molecular flexibility index (Phi) is 5.78. The number of ether oxygens (including phenoxy) is 1. The topological polar surface area (TPSA) is 90.8 Å². The molecule has 4 aliphatic carbocycles. The molecule has 2 N–H and O–H groups in total. The number of piperazine rings is 1. The van der Waals surface area contributed by atoms with Gasteiger partial charge in [-0.15, -0.1) is 0 Å². The lowest BCUT2D eigenvalue weighted by Gasteiger charge is -2.58. The van der Waals surface area contributed by atoms with E-state index in [1.165, 1.54) is 13.2 Å². The third-order valence-electron chi connectivity index (χ3n) is 8.79. The van der Waals surface area contributed by atoms with Crippen molar-refractivity contribution in [2.24, 2.45) is 17.8 Å². The second-order valence-electron chi connectivity index (χ2n) is 11.2. The summed E-state index contributed by atoms with van der Waals surface area (Å²) in [6.07, 6.45) is 6.32. The highest BCUT2D eigenvalue weighted by Crippen LogP contribution is 2.55. The number of amides is 1. The highest BCUT2D eigenvalue weighted by molar-refractivity contribution is 5.92. The number of methoxy groups -OCH3 is 1. The van der Waals surface area contributed by atoms with E-state index in [4.69, 9.17) is 4.74 Å². The van der Waals surface area contributed by atoms with Crippen LogP contribution in [0.4, 0.5) is 16.0 Å². The Morgan fingerprint density at radius 3 is 2.64 bits per heavy atom. The summed E-state index contributed by atoms with van der Waals surface area (Å²) in [5, 5.41) is 14.1. The Bertz CT molecular complexity index is 1150. The average molecular weight is 496 g/mol. The maximum absolute atomic E-state index is 14.6. The lowest BCUT2D eigenvalue weighted by Crippen LogP contribution is -2.61. The fraction of sp³-hybridized carbons (Fsp3) is 0.593. The number of benzene rings is 1. The van der Waals surface area contributed by atoms with Crippen LogP contribution in [0.2, 0.25) is 0 Å². The standard InChI is InChI=1S/C27H34FN5O3/c1-16-15-32(23-4-3-20(36-2)11-21(23)28)7-8-33(16)26-29-6-5-22(30-26)25(34)31-24-18-9-17-10-19(24)14-27(35,12-17)13-18/h3-6,11,16-19,24,35H,7-10,12-15H2,1-2H3,(H,31,34)/t16-,17?,18?,19?,24-,27-/m0/s1. The second-order valence-corrected chi connectivity index (χ2v) is 11.2. The van der Waals surface area contributed by atoms with E-state index in [0.29, 0.717) is 60.5 Å². The van der Waals surface area contributed by atoms with Crippen molar-refractivity contribution in [3.05, 3.63) is 42.0 Å². The lowest BCUT2D eigenvalue weighted by atomic mass is 9.52. The van der Waals surface area contributed by atoms with Crippen molar-refractivity contribution in [1.29, 1.82) is 0 Å². The molecular formula is C27H34FN5O3. The maximum atomic E-state index is 14.6. The molecule has 4 bridgehead atoms. The first-order chi connectivity index (χ1) is 17.3. The minimum atomic E-state index is -0.521. The van der Waals surface area contributed by atoms with Crippen LogP contribution in [0.1, 0.15) is 49.5 Å². The molecular weight excluding hydrogens is 461 g/mol. The van der Waals surface area contributed by atoms with Crippen LogP contribution in [0.25, 0.3) is 0 Å². The van der Waals surface area contributed by atoms with Gasteiger partial charge < -0.3 is 25.0 Å². The molecule has 5 fully saturated rings. The van der Waals surface area contributed by atoms with Gasteiger partial charge >= 0.3 is 0 Å². The van der Waals surface area contributed by atoms with E-state index in [1.54, 1.807) is 24.4 Å². The molecule has 1 saturated heterocycles. The van der Waals surface area contributed by atoms with Gasteiger partial charge in [-0.3, -0.25) is 4.79 Å². The fourth-order valence-corrected chi connectivity index (χ4v) is 7.40. The minimum Gasteiger partial charge on any atom is -0.497 e. The number of rotatable bonds is 5. The molecule has 2 aromatic rings. The van der Waals surface area contributed by atoms with Crippen LogP contribution in [0.3, 0.4) is 0 Å². The predicted octanol–water partition coefficient (Wildman–Crippen LogP) is 3.01. The smallest absolute Gasteiger partial charge is 0.270 e. The third-order valence-corrected chi connectivity index (χ3v) is 8.79. The van der Waals surface area contributed by atoms with E-state index in [-0.39, 0.29) is 23.8 Å². The van der Waals surface area contributed by atoms with Crippen molar-refractivity contribution in [1.82, 2.24) is 15.3 Å². The molecule has 9 heteroatoms. The number of aliphatic hydroxyl groups is 1. The van der Waals surface area contributed by atoms with Gasteiger partial charge in [-0.25, -0.2) is 14.4 Å². The molecule has 3 atom stereocenters. The summed E-state index contributed by atoms with van der Waals surface area (Å²) in [6.45, 7) is 3.90. The van der Waals surface area contributed by atoms with Crippen molar-refractivity contribution in [3.8, 4) is 5.75 Å². The maximum Gasteiger partial charge on any atom is 0.270 e. The molecule has 1 aromatic carbocycles. The largest absolute Gasteiger partial charge is 0.497 e. The monoisotopic (exact) mass is 495 g/mol. The molecule has 192 valence electrons. The molecule has 8 nitrogen and oxygen atoms in total. The molecule has 0 spiro atoms. The van der Waals surface area contributed by atoms with Gasteiger partial charge in [0.2, 0.25) is 5.95 Å². The Morgan fingerprint density at radius 2 is 1.97 bits per heavy atom. The van der Waals surface area contributed by atoms with Crippen LogP contribution < -0.4 is 19.9 Å². The summed E-state index contributed by atoms with van der Waals surface area (Å²) < 4.78 is 19.7. The summed E-state index contributed by atoms with van der Waals surface area (Å²) in [5.41, 5.74) is 0.396. The molecule has 36 heavy (non-hydrogen) atoms. The molecule has 2 unspecified atom stereocenters. The minimum absolute atomic E-state index is 0.0312. The molecule has 7 rings (SSSR count). The number of anilines is 2. The van der Waals surface area contributed by atoms with E-state index in [0.717, 1.165) is 32.1 Å². The Balaban J connectivity index is 1.13. The normalized spacial score (nSPS) is 33.1. The first-order valence-corrected chi connectivity index (χ1v) is 13.0. The molecule has 0 radical (unpaired) electrons. The Morgan fingerprint density at radius 1 is 1.19 bits per heavy atom. The van der Waals surface area contributed by atoms with Crippen LogP contribution in [0.5, 0.6) is 5.75 Å². The van der Waals surface area contributed by atoms with Gasteiger partial charge in [-0.1, -0.05) is 0 Å². The summed E-state index contributed by atoms with van der Waals surface area (Å²) in [7, 11) is 1.52. The molecule has 1 aliphatic heterocycles. The number of carbonyl (C=O) groups is 1. The van der Waals surface area contributed by atoms with Gasteiger partial charge in [0.15, 0.2) is 0 Å². The summed E-state index contributed by atoms with van der Waals surface area (Å²) in [6, 6.07) is 6.72. The zero-order valence-corrected chi connectivity index (χ0v) is 20.9. The van der Waals surface area contributed by atoms with Gasteiger partial charge in [0, 0.05) is 44.0 Å². The number of nitrogens with one attached hydrogen (secondary N) is 1. The van der Waals surface area contributed by atoms with Gasteiger partial charge in [0.1, 0.15) is 17.3 Å². The van der Waals surface area contributed by atoms with Crippen molar-refractivity contribution in [2.45, 2.75) is 56.7 Å². The summed E-state index contributed by atoms with van der Waals surface area (Å²) >= 11 is 0. The van der Waals surface area contributed by atoms with E-state index >= 15 is 0 Å². The number of hydrogen-bond donors (Lipinski definition) is 2. The van der Waals surface area contributed by atoms with Crippen LogP contribution >= 0.6 is 0 Å². The zero-order chi connectivity index (χ0) is 25.0. The van der Waals surface area contributed by atoms with Gasteiger partial charge in [-0.05, 0) is 75.0 Å². The predicted molar refractivity (Wildman–Crippen MR) is 134 cm³/mol. The highest BCUT2D eigenvalue weighted by Gasteiger charge is 2.55. The lowest BCUT2D eigenvalue weighted by molar-refractivity contribution is -0.136. The number of hydrogen-bond acceptors (Lipinski definition) is 7. The number of carbonyl (C=O) groups excluding carboxylic acids is 1. The van der Waals surface area contributed by atoms with E-state index in [2.05, 4.69) is 27.1 Å². The molecule has 5 aliphatic rings. The van der Waals surface area contributed by atoms with Crippen molar-refractivity contribution in [2.75, 3.05) is 36.5 Å². The first-order valence-electron chi connectivity index (χ1n) is 13.0. The Labute approximate surface area is 210 Å². The van der Waals surface area contributed by atoms with Gasteiger partial charge in [0.25, 0.3) is 5.91 Å². The van der Waals surface area contributed by atoms with Crippen molar-refractivity contribution < 1.29 is 19.0 Å². The SMILES string of the molecule is COc1ccc(N2CCN(c3nccc(C(=O)N[C@H]4C5CC6CC4C[C@](O)(C6)C5)n3)[C@@H](C)C2)c(F)c1. The van der Waals surface area contributed by atoms with Crippen LogP contribution in [-0.2, 0) is 0 Å². The quantitative estimate of drug-likeness (QED) is 0.659. The molecule has 2 heterocycles. The summed E-state index contributed by atoms with van der Waals surface area (Å²) in [5.74, 6) is 1.82. The first kappa shape index (κ1) is 23.5. The van der Waals surface area contributed by atoms with Crippen molar-refractivity contribution >= 4 is 17.5 Å². The fourth-order valence-electron chi connectivity index (χ4n) is 7.40. The molecule has 1 aromatic heterocycles. The van der Waals surface area contributed by atoms with Gasteiger partial charge in [0.05, 0.1) is 18.4 Å². The van der Waals surface area contributed by atoms with Crippen LogP contribution in [0, 0.1) is 23.6 Å². The molecule has 1 amide bonds. The average Bonchev–Trinajstić information content (AvgIpc) is 2.85. The highest BCUT2D eigenvalue weighted by atomic mass is 19.1. The summed E-state index contributed by atoms with van der Waals surface area (Å²) in [4.78, 5) is 26.4. The second kappa shape index (κ2) is 8.87. The van der Waals surface area contributed by atoms with E-state index < -0.39 is 5.60 Å².